The first kappa shape index (κ1) is 15.1. The SMILES string of the molecule is O=C(Nc1ccc(CCO)cc1)c1cc(F)c(F)c(F)c1. The van der Waals surface area contributed by atoms with Gasteiger partial charge in [-0.25, -0.2) is 13.2 Å². The molecule has 2 aromatic carbocycles. The average molecular weight is 295 g/mol. The number of carbonyl (C=O) groups excluding carboxylic acids is 1. The van der Waals surface area contributed by atoms with Gasteiger partial charge in [0.25, 0.3) is 5.91 Å². The molecule has 110 valence electrons. The Kier molecular flexibility index (Phi) is 4.59. The quantitative estimate of drug-likeness (QED) is 0.852. The molecule has 0 aliphatic carbocycles. The zero-order chi connectivity index (χ0) is 15.4. The molecule has 3 nitrogen and oxygen atoms in total. The van der Waals surface area contributed by atoms with E-state index < -0.39 is 23.4 Å². The first-order valence-electron chi connectivity index (χ1n) is 6.17. The average Bonchev–Trinajstić information content (AvgIpc) is 2.46. The predicted octanol–water partition coefficient (Wildman–Crippen LogP) is 2.89. The van der Waals surface area contributed by atoms with Gasteiger partial charge in [-0.3, -0.25) is 4.79 Å². The lowest BCUT2D eigenvalue weighted by Crippen LogP contribution is -2.13. The van der Waals surface area contributed by atoms with Crippen LogP contribution >= 0.6 is 0 Å². The number of halogens is 3. The molecule has 0 aliphatic heterocycles. The number of rotatable bonds is 4. The number of hydrogen-bond acceptors (Lipinski definition) is 2. The Balaban J connectivity index is 2.14. The fourth-order valence-electron chi connectivity index (χ4n) is 1.77. The zero-order valence-electron chi connectivity index (χ0n) is 10.9. The molecule has 0 saturated carbocycles. The van der Waals surface area contributed by atoms with Crippen LogP contribution in [0.1, 0.15) is 15.9 Å². The third-order valence-corrected chi connectivity index (χ3v) is 2.86. The van der Waals surface area contributed by atoms with Gasteiger partial charge in [0.05, 0.1) is 0 Å². The van der Waals surface area contributed by atoms with E-state index in [1.165, 1.54) is 0 Å². The molecule has 0 unspecified atom stereocenters. The van der Waals surface area contributed by atoms with Crippen LogP contribution in [0.25, 0.3) is 0 Å². The van der Waals surface area contributed by atoms with E-state index in [1.54, 1.807) is 24.3 Å². The maximum atomic E-state index is 13.1. The van der Waals surface area contributed by atoms with Crippen LogP contribution in [0.2, 0.25) is 0 Å². The minimum atomic E-state index is -1.61. The Morgan fingerprint density at radius 3 is 2.14 bits per heavy atom. The van der Waals surface area contributed by atoms with Crippen LogP contribution in [0.5, 0.6) is 0 Å². The van der Waals surface area contributed by atoms with E-state index >= 15 is 0 Å². The molecule has 0 spiro atoms. The van der Waals surface area contributed by atoms with Crippen LogP contribution in [0, 0.1) is 17.5 Å². The molecule has 0 aromatic heterocycles. The van der Waals surface area contributed by atoms with Crippen molar-refractivity contribution < 1.29 is 23.1 Å². The molecule has 0 fully saturated rings. The van der Waals surface area contributed by atoms with Gasteiger partial charge < -0.3 is 10.4 Å². The van der Waals surface area contributed by atoms with Crippen molar-refractivity contribution in [3.63, 3.8) is 0 Å². The number of aliphatic hydroxyl groups excluding tert-OH is 1. The second-order valence-electron chi connectivity index (χ2n) is 4.38. The summed E-state index contributed by atoms with van der Waals surface area (Å²) in [6.45, 7) is 0.0137. The van der Waals surface area contributed by atoms with E-state index in [0.717, 1.165) is 5.56 Å². The van der Waals surface area contributed by atoms with Gasteiger partial charge in [0.2, 0.25) is 0 Å². The van der Waals surface area contributed by atoms with Crippen LogP contribution in [-0.4, -0.2) is 17.6 Å². The molecule has 2 rings (SSSR count). The van der Waals surface area contributed by atoms with Crippen molar-refractivity contribution in [2.24, 2.45) is 0 Å². The first-order valence-corrected chi connectivity index (χ1v) is 6.17. The van der Waals surface area contributed by atoms with E-state index in [9.17, 15) is 18.0 Å². The van der Waals surface area contributed by atoms with Crippen LogP contribution in [0.15, 0.2) is 36.4 Å². The Hall–Kier alpha value is -2.34. The Bertz CT molecular complexity index is 633. The molecule has 0 saturated heterocycles. The second kappa shape index (κ2) is 6.41. The Morgan fingerprint density at radius 1 is 1.05 bits per heavy atom. The molecule has 0 radical (unpaired) electrons. The van der Waals surface area contributed by atoms with Crippen molar-refractivity contribution in [3.05, 3.63) is 65.0 Å². The molecule has 6 heteroatoms. The summed E-state index contributed by atoms with van der Waals surface area (Å²) in [4.78, 5) is 11.8. The molecule has 2 N–H and O–H groups in total. The molecular formula is C15H12F3NO2. The van der Waals surface area contributed by atoms with Gasteiger partial charge in [-0.15, -0.1) is 0 Å². The highest BCUT2D eigenvalue weighted by atomic mass is 19.2. The number of aliphatic hydroxyl groups is 1. The maximum Gasteiger partial charge on any atom is 0.255 e. The molecule has 2 aromatic rings. The number of anilines is 1. The molecule has 0 aliphatic rings. The minimum Gasteiger partial charge on any atom is -0.396 e. The maximum absolute atomic E-state index is 13.1. The van der Waals surface area contributed by atoms with E-state index in [4.69, 9.17) is 5.11 Å². The molecule has 0 bridgehead atoms. The van der Waals surface area contributed by atoms with Crippen LogP contribution in [0.3, 0.4) is 0 Å². The molecular weight excluding hydrogens is 283 g/mol. The molecule has 21 heavy (non-hydrogen) atoms. The highest BCUT2D eigenvalue weighted by Gasteiger charge is 2.15. The fraction of sp³-hybridized carbons (Fsp3) is 0.133. The summed E-state index contributed by atoms with van der Waals surface area (Å²) in [5, 5.41) is 11.2. The first-order chi connectivity index (χ1) is 10.0. The third kappa shape index (κ3) is 3.61. The molecule has 0 atom stereocenters. The van der Waals surface area contributed by atoms with Crippen molar-refractivity contribution in [2.45, 2.75) is 6.42 Å². The summed E-state index contributed by atoms with van der Waals surface area (Å²) >= 11 is 0. The summed E-state index contributed by atoms with van der Waals surface area (Å²) in [6, 6.07) is 7.87. The van der Waals surface area contributed by atoms with Gasteiger partial charge in [0.1, 0.15) is 0 Å². The number of hydrogen-bond donors (Lipinski definition) is 2. The summed E-state index contributed by atoms with van der Waals surface area (Å²) in [6.07, 6.45) is 0.489. The highest BCUT2D eigenvalue weighted by molar-refractivity contribution is 6.04. The van der Waals surface area contributed by atoms with E-state index in [1.807, 2.05) is 0 Å². The second-order valence-corrected chi connectivity index (χ2v) is 4.38. The Labute approximate surface area is 119 Å². The van der Waals surface area contributed by atoms with Gasteiger partial charge in [0, 0.05) is 17.9 Å². The zero-order valence-corrected chi connectivity index (χ0v) is 10.9. The topological polar surface area (TPSA) is 49.3 Å². The van der Waals surface area contributed by atoms with Gasteiger partial charge in [-0.1, -0.05) is 12.1 Å². The van der Waals surface area contributed by atoms with Crippen molar-refractivity contribution in [3.8, 4) is 0 Å². The highest BCUT2D eigenvalue weighted by Crippen LogP contribution is 2.16. The summed E-state index contributed by atoms with van der Waals surface area (Å²) < 4.78 is 38.9. The van der Waals surface area contributed by atoms with E-state index in [-0.39, 0.29) is 12.2 Å². The van der Waals surface area contributed by atoms with Crippen molar-refractivity contribution in [1.82, 2.24) is 0 Å². The third-order valence-electron chi connectivity index (χ3n) is 2.86. The van der Waals surface area contributed by atoms with Crippen LogP contribution < -0.4 is 5.32 Å². The summed E-state index contributed by atoms with van der Waals surface area (Å²) in [5.41, 5.74) is 0.993. The minimum absolute atomic E-state index is 0.0137. The smallest absolute Gasteiger partial charge is 0.255 e. The van der Waals surface area contributed by atoms with Gasteiger partial charge in [-0.2, -0.15) is 0 Å². The monoisotopic (exact) mass is 295 g/mol. The van der Waals surface area contributed by atoms with E-state index in [2.05, 4.69) is 5.32 Å². The van der Waals surface area contributed by atoms with Crippen molar-refractivity contribution in [2.75, 3.05) is 11.9 Å². The van der Waals surface area contributed by atoms with Crippen LogP contribution in [-0.2, 0) is 6.42 Å². The number of nitrogens with one attached hydrogen (secondary N) is 1. The standard InChI is InChI=1S/C15H12F3NO2/c16-12-7-10(8-13(17)14(12)18)15(21)19-11-3-1-9(2-4-11)5-6-20/h1-4,7-8,20H,5-6H2,(H,19,21). The van der Waals surface area contributed by atoms with Crippen molar-refractivity contribution >= 4 is 11.6 Å². The van der Waals surface area contributed by atoms with Gasteiger partial charge in [-0.05, 0) is 36.2 Å². The van der Waals surface area contributed by atoms with E-state index in [0.29, 0.717) is 24.2 Å². The predicted molar refractivity (Wildman–Crippen MR) is 71.5 cm³/mol. The van der Waals surface area contributed by atoms with Crippen LogP contribution in [0.4, 0.5) is 18.9 Å². The number of amides is 1. The fourth-order valence-corrected chi connectivity index (χ4v) is 1.77. The molecule has 1 amide bonds. The van der Waals surface area contributed by atoms with Crippen molar-refractivity contribution in [1.29, 1.82) is 0 Å². The number of carbonyl (C=O) groups is 1. The lowest BCUT2D eigenvalue weighted by atomic mass is 10.1. The summed E-state index contributed by atoms with van der Waals surface area (Å²) in [7, 11) is 0. The Morgan fingerprint density at radius 2 is 1.62 bits per heavy atom. The lowest BCUT2D eigenvalue weighted by Gasteiger charge is -2.07. The van der Waals surface area contributed by atoms with Gasteiger partial charge in [0.15, 0.2) is 17.5 Å². The normalized spacial score (nSPS) is 10.5. The molecule has 0 heterocycles. The number of benzene rings is 2. The lowest BCUT2D eigenvalue weighted by molar-refractivity contribution is 0.102. The largest absolute Gasteiger partial charge is 0.396 e. The van der Waals surface area contributed by atoms with Gasteiger partial charge >= 0.3 is 0 Å². The summed E-state index contributed by atoms with van der Waals surface area (Å²) in [5.74, 6) is -5.19.